The van der Waals surface area contributed by atoms with Crippen LogP contribution in [-0.2, 0) is 63.8 Å². The summed E-state index contributed by atoms with van der Waals surface area (Å²) < 4.78 is 11.9. The van der Waals surface area contributed by atoms with E-state index in [9.17, 15) is 53.1 Å². The molecule has 0 radical (unpaired) electrons. The van der Waals surface area contributed by atoms with Crippen LogP contribution in [0.4, 0.5) is 0 Å². The van der Waals surface area contributed by atoms with Crippen LogP contribution in [0, 0.1) is 17.8 Å². The molecule has 3 heterocycles. The molecule has 0 bridgehead atoms. The number of nitrogens with zero attached hydrogens (tertiary/aromatic N) is 5. The molecular weight excluding hydrogens is 907 g/mol. The van der Waals surface area contributed by atoms with Gasteiger partial charge in [-0.05, 0) is 43.6 Å². The summed E-state index contributed by atoms with van der Waals surface area (Å²) in [5, 5.41) is 15.4. The number of ether oxygens (including phenoxy) is 2. The molecule has 20 nitrogen and oxygen atoms in total. The lowest BCUT2D eigenvalue weighted by Crippen LogP contribution is -2.59. The Kier molecular flexibility index (Phi) is 20.5. The predicted molar refractivity (Wildman–Crippen MR) is 255 cm³/mol. The molecule has 1 aromatic carbocycles. The lowest BCUT2D eigenvalue weighted by molar-refractivity contribution is -0.148. The topological polar surface area (TPSA) is 250 Å². The Morgan fingerprint density at radius 1 is 0.814 bits per heavy atom. The van der Waals surface area contributed by atoms with Crippen molar-refractivity contribution in [3.05, 3.63) is 60.2 Å². The first-order valence-corrected chi connectivity index (χ1v) is 23.9. The molecule has 9 amide bonds. The van der Waals surface area contributed by atoms with E-state index < -0.39 is 114 Å². The van der Waals surface area contributed by atoms with E-state index in [1.807, 2.05) is 19.9 Å². The number of methoxy groups -OCH3 is 2. The number of benzene rings is 1. The lowest BCUT2D eigenvalue weighted by atomic mass is 9.89. The van der Waals surface area contributed by atoms with Gasteiger partial charge in [0.15, 0.2) is 0 Å². The monoisotopic (exact) mass is 978 g/mol. The highest BCUT2D eigenvalue weighted by Crippen LogP contribution is 2.30. The number of carboxylic acids is 1. The van der Waals surface area contributed by atoms with E-state index in [0.717, 1.165) is 39.7 Å². The zero-order valence-corrected chi connectivity index (χ0v) is 42.0. The Bertz CT molecular complexity index is 2130. The summed E-state index contributed by atoms with van der Waals surface area (Å²) in [6, 6.07) is 3.45. The van der Waals surface area contributed by atoms with Crippen molar-refractivity contribution in [2.24, 2.45) is 17.8 Å². The van der Waals surface area contributed by atoms with Crippen LogP contribution >= 0.6 is 0 Å². The van der Waals surface area contributed by atoms with Gasteiger partial charge in [0.2, 0.25) is 29.5 Å². The first kappa shape index (κ1) is 56.3. The number of carboxylic acid groups (broad SMARTS) is 1. The highest BCUT2D eigenvalue weighted by Gasteiger charge is 2.44. The number of carbonyl (C=O) groups is 10. The number of nitrogens with one attached hydrogen (secondary N) is 2. The summed E-state index contributed by atoms with van der Waals surface area (Å²) in [5.41, 5.74) is 0.745. The number of carbonyl (C=O) groups excluding carboxylic acids is 9. The van der Waals surface area contributed by atoms with Crippen molar-refractivity contribution in [3.63, 3.8) is 0 Å². The van der Waals surface area contributed by atoms with Gasteiger partial charge in [0.05, 0.1) is 49.2 Å². The largest absolute Gasteiger partial charge is 0.480 e. The van der Waals surface area contributed by atoms with E-state index in [1.54, 1.807) is 57.0 Å². The summed E-state index contributed by atoms with van der Waals surface area (Å²) >= 11 is 0. The minimum absolute atomic E-state index is 0.0832. The lowest BCUT2D eigenvalue weighted by Gasteiger charge is -2.41. The number of rotatable bonds is 26. The van der Waals surface area contributed by atoms with Crippen molar-refractivity contribution < 1.29 is 62.5 Å². The molecule has 3 N–H and O–H groups in total. The molecule has 0 aliphatic carbocycles. The van der Waals surface area contributed by atoms with Crippen LogP contribution in [0.5, 0.6) is 0 Å². The molecule has 1 saturated heterocycles. The fourth-order valence-corrected chi connectivity index (χ4v) is 9.42. The molecule has 0 aromatic heterocycles. The van der Waals surface area contributed by atoms with Crippen LogP contribution in [0.1, 0.15) is 85.6 Å². The number of hydrogen-bond donors (Lipinski definition) is 3. The van der Waals surface area contributed by atoms with Crippen molar-refractivity contribution in [2.75, 3.05) is 41.4 Å². The first-order valence-electron chi connectivity index (χ1n) is 23.9. The van der Waals surface area contributed by atoms with Gasteiger partial charge < -0.3 is 39.9 Å². The van der Waals surface area contributed by atoms with Gasteiger partial charge in [-0.1, -0.05) is 71.4 Å². The quantitative estimate of drug-likeness (QED) is 0.112. The zero-order valence-electron chi connectivity index (χ0n) is 42.0. The molecule has 3 aliphatic rings. The molecule has 384 valence electrons. The van der Waals surface area contributed by atoms with E-state index >= 15 is 0 Å². The zero-order chi connectivity index (χ0) is 52.1. The van der Waals surface area contributed by atoms with Crippen LogP contribution in [0.25, 0.3) is 0 Å². The second-order valence-corrected chi connectivity index (χ2v) is 18.8. The Labute approximate surface area is 410 Å². The molecule has 3 aliphatic heterocycles. The maximum atomic E-state index is 14.5. The SMILES string of the molecule is CC[C@H](C)[C@@H]([C@@H](CC(=O)N1CCC[C@H]1[C@H](OC)[C@@H](C)C(=O)NC(Cc1ccccc1)C(=O)O)OC)N(C)C(=O)[C@@H](NC(=O)[C@H](C)N(C)C(=O)CCC(CN1C(=O)C=CC1=O)N1C(=O)C=CC1=O)C(C)C. The number of imide groups is 2. The van der Waals surface area contributed by atoms with Crippen molar-refractivity contribution in [3.8, 4) is 0 Å². The van der Waals surface area contributed by atoms with Crippen molar-refractivity contribution in [1.82, 2.24) is 35.1 Å². The van der Waals surface area contributed by atoms with Gasteiger partial charge in [0, 0.05) is 72.0 Å². The third kappa shape index (κ3) is 13.7. The van der Waals surface area contributed by atoms with Crippen molar-refractivity contribution >= 4 is 59.1 Å². The molecule has 0 spiro atoms. The van der Waals surface area contributed by atoms with Gasteiger partial charge in [-0.15, -0.1) is 0 Å². The van der Waals surface area contributed by atoms with Crippen LogP contribution in [0.2, 0.25) is 0 Å². The number of amides is 9. The molecular formula is C50H71N7O13. The Morgan fingerprint density at radius 2 is 1.41 bits per heavy atom. The Balaban J connectivity index is 1.43. The predicted octanol–water partition coefficient (Wildman–Crippen LogP) is 1.71. The minimum atomic E-state index is -1.18. The fraction of sp³-hybridized carbons (Fsp3) is 0.600. The van der Waals surface area contributed by atoms with Gasteiger partial charge in [-0.2, -0.15) is 0 Å². The standard InChI is InChI=1S/C50H71N7O13/c1-11-30(4)45(37(69-9)27-43(63)55-25-15-18-36(55)46(70-10)31(5)47(64)51-35(50(67)68)26-33-16-13-12-14-17-33)54(8)49(66)44(29(2)3)52-48(65)32(6)53(7)38(58)20-19-34(57-41(61)23-24-42(57)62)28-56-39(59)21-22-40(56)60/h12-14,16-17,21-24,29-32,34-37,44-46H,11,15,18-20,25-28H2,1-10H3,(H,51,64)(H,52,65)(H,67,68)/t30-,31+,32-,34?,35?,36-,37+,44-,45-,46+/m0/s1. The second kappa shape index (κ2) is 25.5. The molecule has 2 unspecified atom stereocenters. The molecule has 0 saturated carbocycles. The number of likely N-dealkylation sites (N-methyl/N-ethyl adjacent to an activating group) is 2. The number of aliphatic carboxylic acids is 1. The van der Waals surface area contributed by atoms with Crippen molar-refractivity contribution in [2.45, 2.75) is 135 Å². The normalized spacial score (nSPS) is 19.6. The highest BCUT2D eigenvalue weighted by molar-refractivity contribution is 6.14. The Hall–Kier alpha value is -6.28. The van der Waals surface area contributed by atoms with Crippen molar-refractivity contribution in [1.29, 1.82) is 0 Å². The molecule has 1 aromatic rings. The van der Waals surface area contributed by atoms with Gasteiger partial charge in [-0.25, -0.2) is 4.79 Å². The van der Waals surface area contributed by atoms with Gasteiger partial charge in [-0.3, -0.25) is 53.0 Å². The maximum Gasteiger partial charge on any atom is 0.326 e. The summed E-state index contributed by atoms with van der Waals surface area (Å²) in [6.07, 6.45) is 4.06. The van der Waals surface area contributed by atoms with Gasteiger partial charge in [0.1, 0.15) is 18.1 Å². The van der Waals surface area contributed by atoms with E-state index in [-0.39, 0.29) is 44.1 Å². The maximum absolute atomic E-state index is 14.5. The van der Waals surface area contributed by atoms with E-state index in [1.165, 1.54) is 38.0 Å². The molecule has 10 atom stereocenters. The molecule has 1 fully saturated rings. The van der Waals surface area contributed by atoms with Crippen LogP contribution < -0.4 is 10.6 Å². The third-order valence-electron chi connectivity index (χ3n) is 13.9. The highest BCUT2D eigenvalue weighted by atomic mass is 16.5. The average Bonchev–Trinajstić information content (AvgIpc) is 4.05. The van der Waals surface area contributed by atoms with Gasteiger partial charge >= 0.3 is 5.97 Å². The summed E-state index contributed by atoms with van der Waals surface area (Å²) in [4.78, 5) is 138. The number of hydrogen-bond acceptors (Lipinski definition) is 12. The molecule has 4 rings (SSSR count). The molecule has 20 heteroatoms. The van der Waals surface area contributed by atoms with E-state index in [2.05, 4.69) is 10.6 Å². The average molecular weight is 978 g/mol. The van der Waals surface area contributed by atoms with Crippen LogP contribution in [-0.4, -0.2) is 179 Å². The smallest absolute Gasteiger partial charge is 0.326 e. The van der Waals surface area contributed by atoms with Crippen LogP contribution in [0.15, 0.2) is 54.6 Å². The first-order chi connectivity index (χ1) is 33.1. The number of likely N-dealkylation sites (tertiary alicyclic amines) is 1. The van der Waals surface area contributed by atoms with E-state index in [0.29, 0.717) is 25.8 Å². The van der Waals surface area contributed by atoms with Gasteiger partial charge in [0.25, 0.3) is 23.6 Å². The summed E-state index contributed by atoms with van der Waals surface area (Å²) in [5.74, 6) is -7.59. The molecule has 70 heavy (non-hydrogen) atoms. The van der Waals surface area contributed by atoms with Crippen LogP contribution in [0.3, 0.4) is 0 Å². The van der Waals surface area contributed by atoms with E-state index in [4.69, 9.17) is 9.47 Å². The Morgan fingerprint density at radius 3 is 1.96 bits per heavy atom. The second-order valence-electron chi connectivity index (χ2n) is 18.8. The third-order valence-corrected chi connectivity index (χ3v) is 13.9. The summed E-state index contributed by atoms with van der Waals surface area (Å²) in [7, 11) is 5.92. The minimum Gasteiger partial charge on any atom is -0.480 e. The fourth-order valence-electron chi connectivity index (χ4n) is 9.42. The summed E-state index contributed by atoms with van der Waals surface area (Å²) in [6.45, 7) is 10.6.